The Balaban J connectivity index is 1.03. The molecule has 0 atom stereocenters. The van der Waals surface area contributed by atoms with E-state index in [1.165, 1.54) is 44.2 Å². The number of fused-ring (bicyclic) bond motifs is 10. The van der Waals surface area contributed by atoms with Gasteiger partial charge in [0.15, 0.2) is 0 Å². The Labute approximate surface area is 342 Å². The molecule has 3 nitrogen and oxygen atoms in total. The summed E-state index contributed by atoms with van der Waals surface area (Å²) in [6.45, 7) is 0. The molecule has 0 amide bonds. The van der Waals surface area contributed by atoms with Crippen LogP contribution in [0.15, 0.2) is 212 Å². The Morgan fingerprint density at radius 1 is 0.339 bits per heavy atom. The number of rotatable bonds is 5. The van der Waals surface area contributed by atoms with Crippen LogP contribution in [0.3, 0.4) is 0 Å². The topological polar surface area (TPSA) is 38.7 Å². The molecule has 59 heavy (non-hydrogen) atoms. The minimum absolute atomic E-state index is 0.529. The lowest BCUT2D eigenvalue weighted by atomic mass is 9.66. The summed E-state index contributed by atoms with van der Waals surface area (Å²) < 4.78 is 0. The summed E-state index contributed by atoms with van der Waals surface area (Å²) in [6, 6.07) is 76.1. The van der Waals surface area contributed by atoms with Crippen LogP contribution in [0.25, 0.3) is 88.4 Å². The maximum atomic E-state index is 5.55. The smallest absolute Gasteiger partial charge is 0.0972 e. The summed E-state index contributed by atoms with van der Waals surface area (Å²) in [7, 11) is 0. The number of benzene rings is 8. The molecule has 0 saturated carbocycles. The van der Waals surface area contributed by atoms with Crippen LogP contribution in [0.1, 0.15) is 22.3 Å². The molecular weight excluding hydrogens is 715 g/mol. The van der Waals surface area contributed by atoms with Crippen LogP contribution in [0.2, 0.25) is 0 Å². The molecule has 0 fully saturated rings. The number of hydrogen-bond donors (Lipinski definition) is 0. The lowest BCUT2D eigenvalue weighted by Crippen LogP contribution is -2.28. The van der Waals surface area contributed by atoms with Crippen LogP contribution < -0.4 is 0 Å². The summed E-state index contributed by atoms with van der Waals surface area (Å²) in [5, 5.41) is 5.66. The molecule has 0 N–H and O–H groups in total. The summed E-state index contributed by atoms with van der Waals surface area (Å²) in [6.07, 6.45) is 0. The fourth-order valence-corrected chi connectivity index (χ4v) is 9.70. The summed E-state index contributed by atoms with van der Waals surface area (Å²) >= 11 is 0. The monoisotopic (exact) mass is 749 g/mol. The summed E-state index contributed by atoms with van der Waals surface area (Å²) in [5.74, 6) is 0. The lowest BCUT2D eigenvalue weighted by molar-refractivity contribution is 0.776. The largest absolute Gasteiger partial charge is 0.247 e. The quantitative estimate of drug-likeness (QED) is 0.165. The second kappa shape index (κ2) is 13.2. The van der Waals surface area contributed by atoms with Crippen molar-refractivity contribution in [3.8, 4) is 44.9 Å². The highest BCUT2D eigenvalue weighted by molar-refractivity contribution is 6.16. The van der Waals surface area contributed by atoms with E-state index >= 15 is 0 Å². The van der Waals surface area contributed by atoms with E-state index in [-0.39, 0.29) is 0 Å². The van der Waals surface area contributed by atoms with Gasteiger partial charge in [0.1, 0.15) is 0 Å². The van der Waals surface area contributed by atoms with Crippen LogP contribution in [0.4, 0.5) is 0 Å². The fourth-order valence-electron chi connectivity index (χ4n) is 9.70. The van der Waals surface area contributed by atoms with Crippen LogP contribution in [-0.2, 0) is 5.41 Å². The Morgan fingerprint density at radius 3 is 1.49 bits per heavy atom. The molecule has 0 radical (unpaired) electrons. The van der Waals surface area contributed by atoms with E-state index in [1.807, 2.05) is 18.2 Å². The Bertz CT molecular complexity index is 3370. The van der Waals surface area contributed by atoms with Crippen molar-refractivity contribution in [3.05, 3.63) is 235 Å². The first kappa shape index (κ1) is 33.4. The minimum Gasteiger partial charge on any atom is -0.247 e. The molecule has 0 unspecified atom stereocenters. The second-order valence-electron chi connectivity index (χ2n) is 15.5. The molecule has 1 aliphatic carbocycles. The average Bonchev–Trinajstić information content (AvgIpc) is 3.63. The predicted octanol–water partition coefficient (Wildman–Crippen LogP) is 13.8. The maximum Gasteiger partial charge on any atom is 0.0972 e. The van der Waals surface area contributed by atoms with E-state index in [4.69, 9.17) is 15.0 Å². The van der Waals surface area contributed by atoms with Gasteiger partial charge in [-0.1, -0.05) is 194 Å². The van der Waals surface area contributed by atoms with Gasteiger partial charge < -0.3 is 0 Å². The van der Waals surface area contributed by atoms with Crippen molar-refractivity contribution >= 4 is 43.5 Å². The highest BCUT2D eigenvalue weighted by atomic mass is 14.8. The van der Waals surface area contributed by atoms with E-state index in [1.54, 1.807) is 0 Å². The molecule has 11 aromatic rings. The SMILES string of the molecule is c1ccc(-c2ccc3ccc4ccc(-c5ccc(-c6nc7ccc8c(c7c7ccccc67)C(c6ccccc6)(c6ccccc6)c6ccccc6-8)cc5)nc4c3n2)cc1. The van der Waals surface area contributed by atoms with E-state index in [9.17, 15) is 0 Å². The van der Waals surface area contributed by atoms with E-state index in [0.29, 0.717) is 0 Å². The molecule has 0 bridgehead atoms. The normalized spacial score (nSPS) is 12.9. The summed E-state index contributed by atoms with van der Waals surface area (Å²) in [5.41, 5.74) is 15.9. The van der Waals surface area contributed by atoms with Crippen molar-refractivity contribution < 1.29 is 0 Å². The predicted molar refractivity (Wildman–Crippen MR) is 243 cm³/mol. The molecule has 0 spiro atoms. The second-order valence-corrected chi connectivity index (χ2v) is 15.5. The summed E-state index contributed by atoms with van der Waals surface area (Å²) in [4.78, 5) is 15.9. The van der Waals surface area contributed by atoms with Gasteiger partial charge in [-0.2, -0.15) is 0 Å². The van der Waals surface area contributed by atoms with Crippen molar-refractivity contribution in [3.63, 3.8) is 0 Å². The van der Waals surface area contributed by atoms with Gasteiger partial charge >= 0.3 is 0 Å². The molecule has 3 heterocycles. The van der Waals surface area contributed by atoms with Crippen LogP contribution in [-0.4, -0.2) is 15.0 Å². The van der Waals surface area contributed by atoms with Crippen molar-refractivity contribution in [2.75, 3.05) is 0 Å². The van der Waals surface area contributed by atoms with Crippen LogP contribution in [0, 0.1) is 0 Å². The third kappa shape index (κ3) is 5.05. The Morgan fingerprint density at radius 2 is 0.847 bits per heavy atom. The number of pyridine rings is 3. The van der Waals surface area contributed by atoms with Gasteiger partial charge in [-0.05, 0) is 57.0 Å². The zero-order chi connectivity index (χ0) is 38.9. The minimum atomic E-state index is -0.529. The Kier molecular flexibility index (Phi) is 7.45. The third-order valence-electron chi connectivity index (χ3n) is 12.3. The van der Waals surface area contributed by atoms with Crippen molar-refractivity contribution in [1.82, 2.24) is 15.0 Å². The highest BCUT2D eigenvalue weighted by Crippen LogP contribution is 2.58. The molecule has 8 aromatic carbocycles. The molecule has 3 heteroatoms. The third-order valence-corrected chi connectivity index (χ3v) is 12.3. The number of aromatic nitrogens is 3. The zero-order valence-corrected chi connectivity index (χ0v) is 32.0. The van der Waals surface area contributed by atoms with Gasteiger partial charge in [-0.15, -0.1) is 0 Å². The molecule has 0 saturated heterocycles. The molecule has 3 aromatic heterocycles. The van der Waals surface area contributed by atoms with Gasteiger partial charge in [-0.25, -0.2) is 15.0 Å². The Hall–Kier alpha value is -7.75. The van der Waals surface area contributed by atoms with Crippen molar-refractivity contribution in [1.29, 1.82) is 0 Å². The van der Waals surface area contributed by atoms with Gasteiger partial charge in [0.25, 0.3) is 0 Å². The van der Waals surface area contributed by atoms with Gasteiger partial charge in [-0.3, -0.25) is 0 Å². The molecule has 12 rings (SSSR count). The zero-order valence-electron chi connectivity index (χ0n) is 32.0. The molecule has 0 aliphatic heterocycles. The maximum absolute atomic E-state index is 5.55. The van der Waals surface area contributed by atoms with Gasteiger partial charge in [0, 0.05) is 38.2 Å². The molecule has 1 aliphatic rings. The lowest BCUT2D eigenvalue weighted by Gasteiger charge is -2.34. The first-order valence-electron chi connectivity index (χ1n) is 20.2. The fraction of sp³-hybridized carbons (Fsp3) is 0.0179. The standard InChI is InChI=1S/C56H35N3/c1-4-14-36(15-5-1)48-33-30-39-28-29-40-31-34-49(58-55(40)54(39)57-48)37-24-26-38(27-25-37)53-46-22-11-10-21-44(46)51-50(59-53)35-32-45-43-20-12-13-23-47(43)56(52(45)51,41-16-6-2-7-17-41)42-18-8-3-9-19-42/h1-35H. The van der Waals surface area contributed by atoms with E-state index in [2.05, 4.69) is 194 Å². The molecule has 274 valence electrons. The van der Waals surface area contributed by atoms with Crippen LogP contribution in [0.5, 0.6) is 0 Å². The van der Waals surface area contributed by atoms with Crippen LogP contribution >= 0.6 is 0 Å². The van der Waals surface area contributed by atoms with E-state index in [0.717, 1.165) is 66.5 Å². The van der Waals surface area contributed by atoms with E-state index < -0.39 is 5.41 Å². The average molecular weight is 750 g/mol. The van der Waals surface area contributed by atoms with Gasteiger partial charge in [0.2, 0.25) is 0 Å². The van der Waals surface area contributed by atoms with Gasteiger partial charge in [0.05, 0.1) is 39.0 Å². The number of nitrogens with zero attached hydrogens (tertiary/aromatic N) is 3. The highest BCUT2D eigenvalue weighted by Gasteiger charge is 2.47. The first-order chi connectivity index (χ1) is 29.3. The molecular formula is C56H35N3. The first-order valence-corrected chi connectivity index (χ1v) is 20.2. The number of hydrogen-bond acceptors (Lipinski definition) is 3. The van der Waals surface area contributed by atoms with Crippen molar-refractivity contribution in [2.45, 2.75) is 5.41 Å². The van der Waals surface area contributed by atoms with Crippen molar-refractivity contribution in [2.24, 2.45) is 0 Å².